The molecule has 1 aromatic rings. The van der Waals surface area contributed by atoms with Gasteiger partial charge in [0.1, 0.15) is 6.54 Å². The number of rotatable bonds is 7. The first-order valence-electron chi connectivity index (χ1n) is 7.14. The van der Waals surface area contributed by atoms with Crippen molar-refractivity contribution in [3.8, 4) is 0 Å². The molecule has 0 fully saturated rings. The van der Waals surface area contributed by atoms with Gasteiger partial charge >= 0.3 is 5.51 Å². The summed E-state index contributed by atoms with van der Waals surface area (Å²) in [6, 6.07) is 6.26. The Labute approximate surface area is 129 Å². The van der Waals surface area contributed by atoms with E-state index in [1.54, 1.807) is 0 Å². The van der Waals surface area contributed by atoms with Crippen LogP contribution in [0, 0.1) is 0 Å². The Hall–Kier alpha value is -1.15. The molecule has 1 rings (SSSR count). The van der Waals surface area contributed by atoms with Crippen molar-refractivity contribution in [2.45, 2.75) is 57.5 Å². The van der Waals surface area contributed by atoms with E-state index in [0.717, 1.165) is 0 Å². The maximum atomic E-state index is 10.7. The fraction of sp³-hybridized carbons (Fsp3) is 0.643. The van der Waals surface area contributed by atoms with Crippen molar-refractivity contribution in [3.05, 3.63) is 30.6 Å². The Balaban J connectivity index is 0.000000472. The molecule has 0 amide bonds. The number of unbranched alkanes of at least 4 members (excludes halogenated alkanes) is 5. The van der Waals surface area contributed by atoms with Gasteiger partial charge in [0.05, 0.1) is 0 Å². The summed E-state index contributed by atoms with van der Waals surface area (Å²) in [4.78, 5) is 0. The lowest BCUT2D eigenvalue weighted by molar-refractivity contribution is -0.697. The predicted molar refractivity (Wildman–Crippen MR) is 75.8 cm³/mol. The van der Waals surface area contributed by atoms with E-state index in [9.17, 15) is 13.2 Å². The van der Waals surface area contributed by atoms with Crippen LogP contribution in [0.5, 0.6) is 0 Å². The minimum atomic E-state index is -6.09. The first kappa shape index (κ1) is 20.9. The molecule has 0 aliphatic rings. The Morgan fingerprint density at radius 3 is 1.86 bits per heavy atom. The molecule has 0 aromatic carbocycles. The van der Waals surface area contributed by atoms with Gasteiger partial charge in [0.2, 0.25) is 0 Å². The molecule has 0 saturated heterocycles. The van der Waals surface area contributed by atoms with Crippen molar-refractivity contribution in [1.82, 2.24) is 0 Å². The third-order valence-electron chi connectivity index (χ3n) is 2.83. The van der Waals surface area contributed by atoms with Crippen LogP contribution in [-0.2, 0) is 16.7 Å². The van der Waals surface area contributed by atoms with Crippen LogP contribution >= 0.6 is 0 Å². The molecule has 0 unspecified atom stereocenters. The first-order chi connectivity index (χ1) is 10.2. The van der Waals surface area contributed by atoms with E-state index < -0.39 is 15.6 Å². The highest BCUT2D eigenvalue weighted by atomic mass is 32.2. The van der Waals surface area contributed by atoms with E-state index >= 15 is 0 Å². The summed E-state index contributed by atoms with van der Waals surface area (Å²) in [5.74, 6) is 0. The van der Waals surface area contributed by atoms with Gasteiger partial charge in [0.25, 0.3) is 0 Å². The summed E-state index contributed by atoms with van der Waals surface area (Å²) < 4.78 is 61.2. The Bertz CT molecular complexity index is 490. The van der Waals surface area contributed by atoms with E-state index in [1.807, 2.05) is 0 Å². The smallest absolute Gasteiger partial charge is 0.485 e. The van der Waals surface area contributed by atoms with Crippen LogP contribution in [0.3, 0.4) is 0 Å². The Morgan fingerprint density at radius 1 is 0.955 bits per heavy atom. The van der Waals surface area contributed by atoms with E-state index in [1.165, 1.54) is 45.1 Å². The van der Waals surface area contributed by atoms with Crippen LogP contribution in [0.15, 0.2) is 30.6 Å². The number of aryl methyl sites for hydroxylation is 1. The highest BCUT2D eigenvalue weighted by Gasteiger charge is 2.36. The number of aromatic nitrogens is 1. The average molecular weight is 341 g/mol. The fourth-order valence-electron chi connectivity index (χ4n) is 1.66. The van der Waals surface area contributed by atoms with Gasteiger partial charge in [-0.25, -0.2) is 13.0 Å². The van der Waals surface area contributed by atoms with E-state index in [4.69, 9.17) is 13.0 Å². The van der Waals surface area contributed by atoms with Crippen molar-refractivity contribution < 1.29 is 30.7 Å². The van der Waals surface area contributed by atoms with Crippen LogP contribution in [-0.4, -0.2) is 18.5 Å². The van der Waals surface area contributed by atoms with E-state index in [2.05, 4.69) is 42.1 Å². The van der Waals surface area contributed by atoms with Gasteiger partial charge < -0.3 is 4.55 Å². The van der Waals surface area contributed by atoms with Gasteiger partial charge in [-0.2, -0.15) is 13.2 Å². The van der Waals surface area contributed by atoms with E-state index in [0.29, 0.717) is 0 Å². The summed E-state index contributed by atoms with van der Waals surface area (Å²) in [6.45, 7) is 3.44. The number of hydrogen-bond acceptors (Lipinski definition) is 3. The molecular formula is C14H22F3NO3S. The molecule has 1 heterocycles. The number of nitrogens with zero attached hydrogens (tertiary/aromatic N) is 1. The highest BCUT2D eigenvalue weighted by Crippen LogP contribution is 2.20. The Morgan fingerprint density at radius 2 is 1.41 bits per heavy atom. The van der Waals surface area contributed by atoms with Crippen molar-refractivity contribution >= 4 is 10.1 Å². The minimum absolute atomic E-state index is 1.17. The summed E-state index contributed by atoms with van der Waals surface area (Å²) in [5, 5.41) is 0. The second-order valence-electron chi connectivity index (χ2n) is 4.78. The van der Waals surface area contributed by atoms with Gasteiger partial charge in [-0.15, -0.1) is 0 Å². The normalized spacial score (nSPS) is 11.7. The largest absolute Gasteiger partial charge is 0.741 e. The lowest BCUT2D eigenvalue weighted by Crippen LogP contribution is -2.32. The van der Waals surface area contributed by atoms with Gasteiger partial charge in [0, 0.05) is 18.6 Å². The van der Waals surface area contributed by atoms with Crippen LogP contribution < -0.4 is 4.57 Å². The standard InChI is InChI=1S/C13H22N.CHF3O3S/c1-2-3-4-5-6-8-11-14-12-9-7-10-13-14;2-1(3,4)8(5,6)7/h7,9-10,12-13H,2-6,8,11H2,1H3;(H,5,6,7)/q+1;/p-1. The van der Waals surface area contributed by atoms with Crippen molar-refractivity contribution in [2.75, 3.05) is 0 Å². The molecular weight excluding hydrogens is 319 g/mol. The molecule has 0 radical (unpaired) electrons. The summed E-state index contributed by atoms with van der Waals surface area (Å²) in [7, 11) is -6.09. The van der Waals surface area contributed by atoms with Crippen LogP contribution in [0.2, 0.25) is 0 Å². The molecule has 128 valence electrons. The number of pyridine rings is 1. The lowest BCUT2D eigenvalue weighted by atomic mass is 10.1. The number of hydrogen-bond donors (Lipinski definition) is 0. The van der Waals surface area contributed by atoms with Crippen LogP contribution in [0.4, 0.5) is 13.2 Å². The third kappa shape index (κ3) is 10.6. The average Bonchev–Trinajstić information content (AvgIpc) is 2.42. The second-order valence-corrected chi connectivity index (χ2v) is 6.15. The number of alkyl halides is 3. The highest BCUT2D eigenvalue weighted by molar-refractivity contribution is 7.86. The van der Waals surface area contributed by atoms with Gasteiger partial charge in [-0.05, 0) is 6.42 Å². The molecule has 22 heavy (non-hydrogen) atoms. The zero-order chi connectivity index (χ0) is 17.1. The summed E-state index contributed by atoms with van der Waals surface area (Å²) >= 11 is 0. The minimum Gasteiger partial charge on any atom is -0.741 e. The summed E-state index contributed by atoms with van der Waals surface area (Å²) in [5.41, 5.74) is -5.65. The zero-order valence-electron chi connectivity index (χ0n) is 12.6. The quantitative estimate of drug-likeness (QED) is 0.330. The summed E-state index contributed by atoms with van der Waals surface area (Å²) in [6.07, 6.45) is 12.5. The van der Waals surface area contributed by atoms with Gasteiger partial charge in [-0.3, -0.25) is 0 Å². The van der Waals surface area contributed by atoms with Crippen molar-refractivity contribution in [2.24, 2.45) is 0 Å². The molecule has 0 atom stereocenters. The third-order valence-corrected chi connectivity index (χ3v) is 3.40. The first-order valence-corrected chi connectivity index (χ1v) is 8.55. The second kappa shape index (κ2) is 10.6. The molecule has 0 N–H and O–H groups in total. The monoisotopic (exact) mass is 341 g/mol. The Kier molecular flexibility index (Phi) is 10.0. The topological polar surface area (TPSA) is 61.1 Å². The molecule has 0 bridgehead atoms. The SMILES string of the molecule is CCCCCCCC[n+]1ccccc1.O=S(=O)([O-])C(F)(F)F. The van der Waals surface area contributed by atoms with E-state index in [-0.39, 0.29) is 0 Å². The fourth-order valence-corrected chi connectivity index (χ4v) is 1.66. The van der Waals surface area contributed by atoms with Crippen LogP contribution in [0.25, 0.3) is 0 Å². The molecule has 0 aliphatic heterocycles. The van der Waals surface area contributed by atoms with Crippen molar-refractivity contribution in [3.63, 3.8) is 0 Å². The van der Waals surface area contributed by atoms with Gasteiger partial charge in [0.15, 0.2) is 22.5 Å². The molecule has 0 aliphatic carbocycles. The van der Waals surface area contributed by atoms with Crippen molar-refractivity contribution in [1.29, 1.82) is 0 Å². The lowest BCUT2D eigenvalue weighted by Gasteiger charge is -2.08. The molecule has 8 heteroatoms. The molecule has 0 saturated carbocycles. The predicted octanol–water partition coefficient (Wildman–Crippen LogP) is 3.39. The number of halogens is 3. The zero-order valence-corrected chi connectivity index (χ0v) is 13.4. The molecule has 4 nitrogen and oxygen atoms in total. The molecule has 0 spiro atoms. The van der Waals surface area contributed by atoms with Gasteiger partial charge in [-0.1, -0.05) is 38.7 Å². The maximum Gasteiger partial charge on any atom is 0.485 e. The maximum absolute atomic E-state index is 10.7. The van der Waals surface area contributed by atoms with Crippen LogP contribution in [0.1, 0.15) is 45.4 Å². The molecule has 1 aromatic heterocycles.